The molecule has 0 aliphatic carbocycles. The normalized spacial score (nSPS) is 12.1. The first-order valence-electron chi connectivity index (χ1n) is 17.5. The summed E-state index contributed by atoms with van der Waals surface area (Å²) in [5.41, 5.74) is 0. The Bertz CT molecular complexity index is 519. The Morgan fingerprint density at radius 3 is 1.18 bits per heavy atom. The topological polar surface area (TPSA) is 63.6 Å². The van der Waals surface area contributed by atoms with Crippen molar-refractivity contribution in [3.05, 3.63) is 0 Å². The molecule has 4 nitrogen and oxygen atoms in total. The molecule has 0 amide bonds. The summed E-state index contributed by atoms with van der Waals surface area (Å²) in [5.74, 6) is -0.852. The van der Waals surface area contributed by atoms with E-state index in [-0.39, 0.29) is 18.5 Å². The smallest absolute Gasteiger partial charge is 0.306 e. The molecule has 39 heavy (non-hydrogen) atoms. The van der Waals surface area contributed by atoms with Crippen molar-refractivity contribution >= 4 is 11.9 Å². The zero-order valence-corrected chi connectivity index (χ0v) is 26.5. The Morgan fingerprint density at radius 1 is 0.462 bits per heavy atom. The Balaban J connectivity index is 3.80. The minimum absolute atomic E-state index is 0.0858. The van der Waals surface area contributed by atoms with E-state index in [1.54, 1.807) is 0 Å². The third kappa shape index (κ3) is 31.3. The zero-order valence-electron chi connectivity index (χ0n) is 26.5. The Labute approximate surface area is 243 Å². The Kier molecular flexibility index (Phi) is 30.6. The number of carbonyl (C=O) groups excluding carboxylic acids is 1. The van der Waals surface area contributed by atoms with Gasteiger partial charge in [-0.2, -0.15) is 0 Å². The summed E-state index contributed by atoms with van der Waals surface area (Å²) >= 11 is 0. The molecule has 0 saturated carbocycles. The highest BCUT2D eigenvalue weighted by atomic mass is 16.5. The number of carboxylic acids is 1. The first-order chi connectivity index (χ1) is 19.1. The highest BCUT2D eigenvalue weighted by Crippen LogP contribution is 2.18. The number of carboxylic acid groups (broad SMARTS) is 1. The van der Waals surface area contributed by atoms with E-state index < -0.39 is 5.97 Å². The fraction of sp³-hybridized carbons (Fsp3) is 0.943. The van der Waals surface area contributed by atoms with Gasteiger partial charge in [0, 0.05) is 12.8 Å². The van der Waals surface area contributed by atoms with Gasteiger partial charge in [-0.05, 0) is 32.1 Å². The molecule has 4 heteroatoms. The van der Waals surface area contributed by atoms with E-state index in [2.05, 4.69) is 13.8 Å². The van der Waals surface area contributed by atoms with Gasteiger partial charge in [0.1, 0.15) is 6.10 Å². The molecule has 0 saturated heterocycles. The van der Waals surface area contributed by atoms with Crippen LogP contribution >= 0.6 is 0 Å². The zero-order chi connectivity index (χ0) is 28.7. The maximum atomic E-state index is 12.4. The van der Waals surface area contributed by atoms with Gasteiger partial charge in [0.2, 0.25) is 0 Å². The first kappa shape index (κ1) is 37.9. The van der Waals surface area contributed by atoms with Crippen LogP contribution in [0.25, 0.3) is 0 Å². The van der Waals surface area contributed by atoms with Crippen LogP contribution in [0.15, 0.2) is 0 Å². The van der Waals surface area contributed by atoms with Gasteiger partial charge in [-0.25, -0.2) is 0 Å². The Hall–Kier alpha value is -1.06. The van der Waals surface area contributed by atoms with Crippen LogP contribution in [0.3, 0.4) is 0 Å². The van der Waals surface area contributed by atoms with Crippen LogP contribution in [0.4, 0.5) is 0 Å². The summed E-state index contributed by atoms with van der Waals surface area (Å²) < 4.78 is 5.81. The molecule has 1 N–H and O–H groups in total. The second-order valence-electron chi connectivity index (χ2n) is 12.1. The van der Waals surface area contributed by atoms with Gasteiger partial charge in [-0.1, -0.05) is 162 Å². The van der Waals surface area contributed by atoms with Crippen molar-refractivity contribution in [1.29, 1.82) is 0 Å². The monoisotopic (exact) mass is 553 g/mol. The molecule has 1 unspecified atom stereocenters. The lowest BCUT2D eigenvalue weighted by Gasteiger charge is -2.18. The molecule has 0 bridgehead atoms. The predicted molar refractivity (Wildman–Crippen MR) is 167 cm³/mol. The van der Waals surface area contributed by atoms with Crippen LogP contribution < -0.4 is 0 Å². The van der Waals surface area contributed by atoms with Crippen LogP contribution in [0.1, 0.15) is 206 Å². The molecule has 0 fully saturated rings. The van der Waals surface area contributed by atoms with E-state index in [9.17, 15) is 9.59 Å². The van der Waals surface area contributed by atoms with Gasteiger partial charge in [-0.3, -0.25) is 9.59 Å². The Morgan fingerprint density at radius 2 is 0.795 bits per heavy atom. The van der Waals surface area contributed by atoms with Crippen molar-refractivity contribution in [2.24, 2.45) is 0 Å². The molecule has 0 spiro atoms. The van der Waals surface area contributed by atoms with Crippen LogP contribution in [0.5, 0.6) is 0 Å². The van der Waals surface area contributed by atoms with Gasteiger partial charge in [0.15, 0.2) is 0 Å². The SMILES string of the molecule is CCCCCCCCCCCCCCCCC(=O)OC(CCCCCCCCCCCCC)CCCC(=O)O. The van der Waals surface area contributed by atoms with Gasteiger partial charge >= 0.3 is 11.9 Å². The quantitative estimate of drug-likeness (QED) is 0.0665. The number of ether oxygens (including phenoxy) is 1. The average molecular weight is 553 g/mol. The van der Waals surface area contributed by atoms with Crippen molar-refractivity contribution < 1.29 is 19.4 Å². The van der Waals surface area contributed by atoms with Crippen LogP contribution in [-0.4, -0.2) is 23.1 Å². The molecule has 0 aromatic carbocycles. The lowest BCUT2D eigenvalue weighted by molar-refractivity contribution is -0.150. The van der Waals surface area contributed by atoms with Crippen LogP contribution in [-0.2, 0) is 14.3 Å². The van der Waals surface area contributed by atoms with E-state index in [0.29, 0.717) is 19.3 Å². The summed E-state index contributed by atoms with van der Waals surface area (Å²) in [6.07, 6.45) is 35.4. The molecular weight excluding hydrogens is 484 g/mol. The summed E-state index contributed by atoms with van der Waals surface area (Å²) in [5, 5.41) is 8.97. The average Bonchev–Trinajstić information content (AvgIpc) is 2.91. The molecule has 0 aliphatic rings. The van der Waals surface area contributed by atoms with Gasteiger partial charge in [0.05, 0.1) is 0 Å². The number of esters is 1. The number of hydrogen-bond donors (Lipinski definition) is 1. The summed E-state index contributed by atoms with van der Waals surface area (Å²) in [6.45, 7) is 4.54. The van der Waals surface area contributed by atoms with E-state index in [0.717, 1.165) is 25.7 Å². The van der Waals surface area contributed by atoms with E-state index >= 15 is 0 Å². The molecule has 232 valence electrons. The fourth-order valence-electron chi connectivity index (χ4n) is 5.49. The molecule has 0 heterocycles. The minimum atomic E-state index is -0.767. The summed E-state index contributed by atoms with van der Waals surface area (Å²) in [6, 6.07) is 0. The van der Waals surface area contributed by atoms with Crippen molar-refractivity contribution in [2.45, 2.75) is 213 Å². The maximum Gasteiger partial charge on any atom is 0.306 e. The largest absolute Gasteiger partial charge is 0.481 e. The van der Waals surface area contributed by atoms with Gasteiger partial charge < -0.3 is 9.84 Å². The highest BCUT2D eigenvalue weighted by molar-refractivity contribution is 5.69. The molecule has 0 radical (unpaired) electrons. The van der Waals surface area contributed by atoms with Crippen LogP contribution in [0, 0.1) is 0 Å². The maximum absolute atomic E-state index is 12.4. The third-order valence-electron chi connectivity index (χ3n) is 8.08. The fourth-order valence-corrected chi connectivity index (χ4v) is 5.49. The predicted octanol–water partition coefficient (Wildman–Crippen LogP) is 11.7. The summed E-state index contributed by atoms with van der Waals surface area (Å²) in [7, 11) is 0. The van der Waals surface area contributed by atoms with Crippen LogP contribution in [0.2, 0.25) is 0 Å². The third-order valence-corrected chi connectivity index (χ3v) is 8.08. The number of hydrogen-bond acceptors (Lipinski definition) is 3. The second-order valence-corrected chi connectivity index (χ2v) is 12.1. The number of rotatable bonds is 32. The van der Waals surface area contributed by atoms with E-state index in [1.165, 1.54) is 141 Å². The molecule has 0 rings (SSSR count). The summed E-state index contributed by atoms with van der Waals surface area (Å²) in [4.78, 5) is 23.3. The number of unbranched alkanes of at least 4 members (excludes halogenated alkanes) is 23. The van der Waals surface area contributed by atoms with Gasteiger partial charge in [0.25, 0.3) is 0 Å². The molecule has 0 aromatic rings. The van der Waals surface area contributed by atoms with E-state index in [4.69, 9.17) is 9.84 Å². The highest BCUT2D eigenvalue weighted by Gasteiger charge is 2.15. The molecule has 0 aliphatic heterocycles. The minimum Gasteiger partial charge on any atom is -0.481 e. The molecule has 1 atom stereocenters. The molecule has 0 aromatic heterocycles. The van der Waals surface area contributed by atoms with Crippen molar-refractivity contribution in [2.75, 3.05) is 0 Å². The van der Waals surface area contributed by atoms with E-state index in [1.807, 2.05) is 0 Å². The number of aliphatic carboxylic acids is 1. The van der Waals surface area contributed by atoms with Gasteiger partial charge in [-0.15, -0.1) is 0 Å². The molecular formula is C35H68O4. The van der Waals surface area contributed by atoms with Crippen molar-refractivity contribution in [3.63, 3.8) is 0 Å². The standard InChI is InChI=1S/C35H68O4/c1-3-5-7-9-11-13-15-16-17-19-21-23-25-27-32-35(38)39-33(30-28-31-34(36)37)29-26-24-22-20-18-14-12-10-8-6-4-2/h33H,3-32H2,1-2H3,(H,36,37). The lowest BCUT2D eigenvalue weighted by atomic mass is 10.0. The first-order valence-corrected chi connectivity index (χ1v) is 17.5. The number of carbonyl (C=O) groups is 2. The van der Waals surface area contributed by atoms with Crippen molar-refractivity contribution in [1.82, 2.24) is 0 Å². The second kappa shape index (κ2) is 31.5. The van der Waals surface area contributed by atoms with Crippen molar-refractivity contribution in [3.8, 4) is 0 Å². The lowest BCUT2D eigenvalue weighted by Crippen LogP contribution is -2.18.